The van der Waals surface area contributed by atoms with Crippen LogP contribution in [0.3, 0.4) is 0 Å². The van der Waals surface area contributed by atoms with Crippen molar-refractivity contribution in [3.63, 3.8) is 0 Å². The lowest BCUT2D eigenvalue weighted by atomic mass is 9.97. The van der Waals surface area contributed by atoms with E-state index in [4.69, 9.17) is 0 Å². The fraction of sp³-hybridized carbons (Fsp3) is 0.345. The van der Waals surface area contributed by atoms with Gasteiger partial charge in [-0.1, -0.05) is 99.5 Å². The Bertz CT molecular complexity index is 914. The lowest BCUT2D eigenvalue weighted by Crippen LogP contribution is -2.25. The third kappa shape index (κ3) is 7.06. The SMILES string of the molecule is CCCCN(CCCC)Cc1ccc(NC(C(=O)c2ccccc2)c2ccccc2)cc1. The van der Waals surface area contributed by atoms with E-state index in [1.165, 1.54) is 31.2 Å². The molecule has 0 aliphatic rings. The Kier molecular flexibility index (Phi) is 9.52. The zero-order valence-electron chi connectivity index (χ0n) is 19.5. The fourth-order valence-electron chi connectivity index (χ4n) is 3.88. The predicted molar refractivity (Wildman–Crippen MR) is 135 cm³/mol. The zero-order valence-corrected chi connectivity index (χ0v) is 19.5. The first-order valence-electron chi connectivity index (χ1n) is 11.9. The van der Waals surface area contributed by atoms with Crippen LogP contribution < -0.4 is 5.32 Å². The number of ketones is 1. The van der Waals surface area contributed by atoms with Crippen molar-refractivity contribution in [2.75, 3.05) is 18.4 Å². The highest BCUT2D eigenvalue weighted by Crippen LogP contribution is 2.24. The van der Waals surface area contributed by atoms with Gasteiger partial charge in [0.2, 0.25) is 0 Å². The molecule has 0 heterocycles. The van der Waals surface area contributed by atoms with E-state index >= 15 is 0 Å². The number of hydrogen-bond acceptors (Lipinski definition) is 3. The van der Waals surface area contributed by atoms with Gasteiger partial charge in [-0.05, 0) is 49.2 Å². The number of carbonyl (C=O) groups is 1. The van der Waals surface area contributed by atoms with Crippen LogP contribution in [-0.2, 0) is 6.54 Å². The topological polar surface area (TPSA) is 32.3 Å². The van der Waals surface area contributed by atoms with E-state index in [1.807, 2.05) is 60.7 Å². The summed E-state index contributed by atoms with van der Waals surface area (Å²) in [4.78, 5) is 15.9. The molecule has 3 nitrogen and oxygen atoms in total. The second-order valence-electron chi connectivity index (χ2n) is 8.40. The largest absolute Gasteiger partial charge is 0.371 e. The Balaban J connectivity index is 1.73. The first-order valence-corrected chi connectivity index (χ1v) is 11.9. The van der Waals surface area contributed by atoms with Crippen LogP contribution in [-0.4, -0.2) is 23.8 Å². The third-order valence-electron chi connectivity index (χ3n) is 5.78. The van der Waals surface area contributed by atoms with Crippen LogP contribution in [0.2, 0.25) is 0 Å². The van der Waals surface area contributed by atoms with Crippen LogP contribution in [0.5, 0.6) is 0 Å². The summed E-state index contributed by atoms with van der Waals surface area (Å²) in [6.45, 7) is 7.78. The summed E-state index contributed by atoms with van der Waals surface area (Å²) < 4.78 is 0. The zero-order chi connectivity index (χ0) is 22.6. The molecular weight excluding hydrogens is 392 g/mol. The van der Waals surface area contributed by atoms with E-state index in [-0.39, 0.29) is 5.78 Å². The highest BCUT2D eigenvalue weighted by Gasteiger charge is 2.21. The molecule has 168 valence electrons. The predicted octanol–water partition coefficient (Wildman–Crippen LogP) is 7.12. The van der Waals surface area contributed by atoms with Crippen molar-refractivity contribution in [2.45, 2.75) is 52.1 Å². The van der Waals surface area contributed by atoms with Crippen molar-refractivity contribution in [3.8, 4) is 0 Å². The summed E-state index contributed by atoms with van der Waals surface area (Å²) in [7, 11) is 0. The molecule has 0 saturated heterocycles. The average Bonchev–Trinajstić information content (AvgIpc) is 2.85. The van der Waals surface area contributed by atoms with Crippen molar-refractivity contribution in [1.82, 2.24) is 4.90 Å². The minimum absolute atomic E-state index is 0.0752. The number of rotatable bonds is 13. The number of Topliss-reactive ketones (excluding diaryl/α,β-unsaturated/α-hetero) is 1. The van der Waals surface area contributed by atoms with Crippen LogP contribution in [0.4, 0.5) is 5.69 Å². The molecule has 3 aromatic carbocycles. The van der Waals surface area contributed by atoms with Gasteiger partial charge in [-0.3, -0.25) is 9.69 Å². The molecule has 0 aromatic heterocycles. The molecule has 0 fully saturated rings. The quantitative estimate of drug-likeness (QED) is 0.294. The molecule has 1 atom stereocenters. The van der Waals surface area contributed by atoms with E-state index in [0.717, 1.165) is 30.9 Å². The summed E-state index contributed by atoms with van der Waals surface area (Å²) in [5.41, 5.74) is 3.96. The number of anilines is 1. The second-order valence-corrected chi connectivity index (χ2v) is 8.40. The summed E-state index contributed by atoms with van der Waals surface area (Å²) >= 11 is 0. The first-order chi connectivity index (χ1) is 15.7. The number of benzene rings is 3. The van der Waals surface area contributed by atoms with Crippen molar-refractivity contribution < 1.29 is 4.79 Å². The van der Waals surface area contributed by atoms with Gasteiger partial charge in [-0.2, -0.15) is 0 Å². The lowest BCUT2D eigenvalue weighted by Gasteiger charge is -2.23. The summed E-state index contributed by atoms with van der Waals surface area (Å²) in [6.07, 6.45) is 4.93. The van der Waals surface area contributed by atoms with Gasteiger partial charge in [0, 0.05) is 17.8 Å². The standard InChI is InChI=1S/C29H36N2O/c1-3-5-21-31(22-6-4-2)23-24-17-19-27(20-18-24)30-28(25-13-9-7-10-14-25)29(32)26-15-11-8-12-16-26/h7-20,28,30H,3-6,21-23H2,1-2H3. The maximum absolute atomic E-state index is 13.3. The van der Waals surface area contributed by atoms with Crippen molar-refractivity contribution in [1.29, 1.82) is 0 Å². The molecule has 1 N–H and O–H groups in total. The van der Waals surface area contributed by atoms with Crippen molar-refractivity contribution in [3.05, 3.63) is 102 Å². The normalized spacial score (nSPS) is 12.0. The van der Waals surface area contributed by atoms with Crippen molar-refractivity contribution >= 4 is 11.5 Å². The molecule has 0 bridgehead atoms. The summed E-state index contributed by atoms with van der Waals surface area (Å²) in [5, 5.41) is 3.48. The highest BCUT2D eigenvalue weighted by molar-refractivity contribution is 6.02. The molecule has 0 spiro atoms. The Labute approximate surface area is 193 Å². The first kappa shape index (κ1) is 23.7. The van der Waals surface area contributed by atoms with Gasteiger partial charge in [0.1, 0.15) is 6.04 Å². The second kappa shape index (κ2) is 12.8. The molecule has 32 heavy (non-hydrogen) atoms. The number of carbonyl (C=O) groups excluding carboxylic acids is 1. The Morgan fingerprint density at radius 2 is 1.34 bits per heavy atom. The minimum Gasteiger partial charge on any atom is -0.371 e. The van der Waals surface area contributed by atoms with E-state index in [1.54, 1.807) is 0 Å². The van der Waals surface area contributed by atoms with E-state index < -0.39 is 6.04 Å². The maximum atomic E-state index is 13.3. The number of unbranched alkanes of at least 4 members (excludes halogenated alkanes) is 2. The molecule has 1 unspecified atom stereocenters. The van der Waals surface area contributed by atoms with Crippen LogP contribution >= 0.6 is 0 Å². The van der Waals surface area contributed by atoms with Gasteiger partial charge in [-0.15, -0.1) is 0 Å². The van der Waals surface area contributed by atoms with Crippen LogP contribution in [0.1, 0.15) is 67.1 Å². The van der Waals surface area contributed by atoms with Gasteiger partial charge in [0.15, 0.2) is 5.78 Å². The molecule has 0 radical (unpaired) electrons. The van der Waals surface area contributed by atoms with Crippen LogP contribution in [0.15, 0.2) is 84.9 Å². The highest BCUT2D eigenvalue weighted by atomic mass is 16.1. The number of nitrogens with zero attached hydrogens (tertiary/aromatic N) is 1. The molecule has 0 aliphatic heterocycles. The number of hydrogen-bond donors (Lipinski definition) is 1. The lowest BCUT2D eigenvalue weighted by molar-refractivity contribution is 0.0969. The Morgan fingerprint density at radius 3 is 1.91 bits per heavy atom. The third-order valence-corrected chi connectivity index (χ3v) is 5.78. The average molecular weight is 429 g/mol. The van der Waals surface area contributed by atoms with Crippen LogP contribution in [0, 0.1) is 0 Å². The molecule has 0 amide bonds. The Morgan fingerprint density at radius 1 is 0.781 bits per heavy atom. The molecule has 0 saturated carbocycles. The molecular formula is C29H36N2O. The number of nitrogens with one attached hydrogen (secondary N) is 1. The fourth-order valence-corrected chi connectivity index (χ4v) is 3.88. The van der Waals surface area contributed by atoms with E-state index in [9.17, 15) is 4.79 Å². The van der Waals surface area contributed by atoms with Crippen LogP contribution in [0.25, 0.3) is 0 Å². The van der Waals surface area contributed by atoms with E-state index in [0.29, 0.717) is 5.56 Å². The molecule has 3 aromatic rings. The van der Waals surface area contributed by atoms with Gasteiger partial charge < -0.3 is 5.32 Å². The molecule has 3 heteroatoms. The summed E-state index contributed by atoms with van der Waals surface area (Å²) in [6, 6.07) is 27.6. The summed E-state index contributed by atoms with van der Waals surface area (Å²) in [5.74, 6) is 0.0752. The monoisotopic (exact) mass is 428 g/mol. The molecule has 3 rings (SSSR count). The van der Waals surface area contributed by atoms with E-state index in [2.05, 4.69) is 48.3 Å². The van der Waals surface area contributed by atoms with Gasteiger partial charge in [0.05, 0.1) is 0 Å². The minimum atomic E-state index is -0.421. The maximum Gasteiger partial charge on any atom is 0.189 e. The van der Waals surface area contributed by atoms with Gasteiger partial charge in [-0.25, -0.2) is 0 Å². The van der Waals surface area contributed by atoms with Gasteiger partial charge >= 0.3 is 0 Å². The smallest absolute Gasteiger partial charge is 0.189 e. The Hall–Kier alpha value is -2.91. The van der Waals surface area contributed by atoms with Crippen molar-refractivity contribution in [2.24, 2.45) is 0 Å². The van der Waals surface area contributed by atoms with Gasteiger partial charge in [0.25, 0.3) is 0 Å². The molecule has 0 aliphatic carbocycles.